The molecule has 16 heavy (non-hydrogen) atoms. The van der Waals surface area contributed by atoms with Gasteiger partial charge < -0.3 is 10.6 Å². The molecule has 0 bridgehead atoms. The van der Waals surface area contributed by atoms with E-state index in [4.69, 9.17) is 5.73 Å². The van der Waals surface area contributed by atoms with Crippen LogP contribution >= 0.6 is 0 Å². The summed E-state index contributed by atoms with van der Waals surface area (Å²) in [6.07, 6.45) is 6.28. The molecular formula is C14H20N2. The zero-order valence-electron chi connectivity index (χ0n) is 9.78. The lowest BCUT2D eigenvalue weighted by Gasteiger charge is -2.29. The average molecular weight is 216 g/mol. The van der Waals surface area contributed by atoms with Crippen LogP contribution in [0.4, 0.5) is 5.69 Å². The maximum atomic E-state index is 6.29. The molecule has 1 unspecified atom stereocenters. The van der Waals surface area contributed by atoms with Crippen molar-refractivity contribution in [3.8, 4) is 0 Å². The lowest BCUT2D eigenvalue weighted by Crippen LogP contribution is -2.25. The summed E-state index contributed by atoms with van der Waals surface area (Å²) < 4.78 is 0. The third kappa shape index (κ3) is 1.61. The lowest BCUT2D eigenvalue weighted by molar-refractivity contribution is 0.569. The summed E-state index contributed by atoms with van der Waals surface area (Å²) in [5.41, 5.74) is 10.6. The Labute approximate surface area is 97.4 Å². The zero-order chi connectivity index (χ0) is 11.0. The number of nitrogens with zero attached hydrogens (tertiary/aromatic N) is 1. The van der Waals surface area contributed by atoms with Crippen LogP contribution in [0.15, 0.2) is 18.2 Å². The van der Waals surface area contributed by atoms with Crippen LogP contribution in [0.2, 0.25) is 0 Å². The Bertz CT molecular complexity index is 380. The molecule has 1 aliphatic heterocycles. The minimum Gasteiger partial charge on any atom is -0.371 e. The maximum Gasteiger partial charge on any atom is 0.0417 e. The van der Waals surface area contributed by atoms with Crippen molar-refractivity contribution in [2.24, 2.45) is 5.73 Å². The van der Waals surface area contributed by atoms with Crippen LogP contribution in [0.5, 0.6) is 0 Å². The van der Waals surface area contributed by atoms with E-state index in [1.54, 1.807) is 0 Å². The van der Waals surface area contributed by atoms with Gasteiger partial charge in [-0.05, 0) is 49.3 Å². The molecule has 0 radical (unpaired) electrons. The van der Waals surface area contributed by atoms with Gasteiger partial charge in [-0.3, -0.25) is 0 Å². The van der Waals surface area contributed by atoms with Crippen LogP contribution < -0.4 is 10.6 Å². The predicted octanol–water partition coefficient (Wildman–Crippen LogP) is 2.62. The topological polar surface area (TPSA) is 29.3 Å². The van der Waals surface area contributed by atoms with E-state index in [2.05, 4.69) is 23.1 Å². The molecule has 1 aromatic rings. The fourth-order valence-electron chi connectivity index (χ4n) is 3.14. The Morgan fingerprint density at radius 1 is 1.12 bits per heavy atom. The maximum absolute atomic E-state index is 6.29. The summed E-state index contributed by atoms with van der Waals surface area (Å²) in [4.78, 5) is 2.52. The first kappa shape index (κ1) is 10.2. The van der Waals surface area contributed by atoms with Gasteiger partial charge in [0.2, 0.25) is 0 Å². The molecule has 0 aromatic heterocycles. The first-order valence-electron chi connectivity index (χ1n) is 6.48. The molecule has 2 N–H and O–H groups in total. The zero-order valence-corrected chi connectivity index (χ0v) is 9.78. The predicted molar refractivity (Wildman–Crippen MR) is 67.8 cm³/mol. The number of benzene rings is 1. The van der Waals surface area contributed by atoms with E-state index < -0.39 is 0 Å². The van der Waals surface area contributed by atoms with E-state index in [0.717, 1.165) is 6.42 Å². The molecule has 1 saturated heterocycles. The SMILES string of the molecule is NC1CCCc2cccc(N3CCCC3)c21. The summed E-state index contributed by atoms with van der Waals surface area (Å²) in [7, 11) is 0. The highest BCUT2D eigenvalue weighted by molar-refractivity contribution is 5.59. The highest BCUT2D eigenvalue weighted by Gasteiger charge is 2.23. The molecule has 2 nitrogen and oxygen atoms in total. The van der Waals surface area contributed by atoms with Gasteiger partial charge in [-0.1, -0.05) is 12.1 Å². The van der Waals surface area contributed by atoms with Gasteiger partial charge >= 0.3 is 0 Å². The van der Waals surface area contributed by atoms with E-state index in [1.165, 1.54) is 55.6 Å². The Balaban J connectivity index is 2.03. The second-order valence-electron chi connectivity index (χ2n) is 5.04. The van der Waals surface area contributed by atoms with Gasteiger partial charge in [-0.25, -0.2) is 0 Å². The minimum absolute atomic E-state index is 0.264. The van der Waals surface area contributed by atoms with Gasteiger partial charge in [-0.2, -0.15) is 0 Å². The van der Waals surface area contributed by atoms with Crippen molar-refractivity contribution in [1.82, 2.24) is 0 Å². The summed E-state index contributed by atoms with van der Waals surface area (Å²) >= 11 is 0. The van der Waals surface area contributed by atoms with E-state index in [0.29, 0.717) is 0 Å². The van der Waals surface area contributed by atoms with Crippen LogP contribution in [0.25, 0.3) is 0 Å². The normalized spacial score (nSPS) is 24.6. The quantitative estimate of drug-likeness (QED) is 0.782. The third-order valence-corrected chi connectivity index (χ3v) is 3.95. The molecule has 1 aromatic carbocycles. The summed E-state index contributed by atoms with van der Waals surface area (Å²) in [5, 5.41) is 0. The van der Waals surface area contributed by atoms with Crippen LogP contribution in [0.3, 0.4) is 0 Å². The van der Waals surface area contributed by atoms with Crippen molar-refractivity contribution < 1.29 is 0 Å². The standard InChI is InChI=1S/C14H20N2/c15-12-7-3-5-11-6-4-8-13(14(11)12)16-9-1-2-10-16/h4,6,8,12H,1-3,5,7,9-10,15H2. The fraction of sp³-hybridized carbons (Fsp3) is 0.571. The van der Waals surface area contributed by atoms with Gasteiger partial charge in [0, 0.05) is 24.8 Å². The average Bonchev–Trinajstić information content (AvgIpc) is 2.82. The summed E-state index contributed by atoms with van der Waals surface area (Å²) in [6.45, 7) is 2.42. The Kier molecular flexibility index (Phi) is 2.60. The number of rotatable bonds is 1. The first-order valence-corrected chi connectivity index (χ1v) is 6.48. The highest BCUT2D eigenvalue weighted by Crippen LogP contribution is 2.36. The molecule has 2 heteroatoms. The second-order valence-corrected chi connectivity index (χ2v) is 5.04. The lowest BCUT2D eigenvalue weighted by atomic mass is 9.86. The van der Waals surface area contributed by atoms with E-state index in [-0.39, 0.29) is 6.04 Å². The van der Waals surface area contributed by atoms with Crippen LogP contribution in [0.1, 0.15) is 42.9 Å². The van der Waals surface area contributed by atoms with E-state index >= 15 is 0 Å². The van der Waals surface area contributed by atoms with Crippen molar-refractivity contribution in [2.45, 2.75) is 38.1 Å². The van der Waals surface area contributed by atoms with Crippen LogP contribution in [0, 0.1) is 0 Å². The number of hydrogen-bond acceptors (Lipinski definition) is 2. The first-order chi connectivity index (χ1) is 7.86. The molecule has 1 heterocycles. The largest absolute Gasteiger partial charge is 0.371 e. The molecule has 1 fully saturated rings. The van der Waals surface area contributed by atoms with Crippen molar-refractivity contribution in [1.29, 1.82) is 0 Å². The Morgan fingerprint density at radius 3 is 2.75 bits per heavy atom. The van der Waals surface area contributed by atoms with Crippen molar-refractivity contribution in [3.63, 3.8) is 0 Å². The molecule has 0 amide bonds. The molecular weight excluding hydrogens is 196 g/mol. The van der Waals surface area contributed by atoms with Gasteiger partial charge in [0.05, 0.1) is 0 Å². The molecule has 86 valence electrons. The van der Waals surface area contributed by atoms with Gasteiger partial charge in [-0.15, -0.1) is 0 Å². The van der Waals surface area contributed by atoms with Crippen molar-refractivity contribution in [2.75, 3.05) is 18.0 Å². The molecule has 1 aliphatic carbocycles. The molecule has 1 atom stereocenters. The van der Waals surface area contributed by atoms with Crippen LogP contribution in [-0.4, -0.2) is 13.1 Å². The van der Waals surface area contributed by atoms with Gasteiger partial charge in [0.25, 0.3) is 0 Å². The molecule has 2 aliphatic rings. The Hall–Kier alpha value is -1.02. The second kappa shape index (κ2) is 4.10. The van der Waals surface area contributed by atoms with Gasteiger partial charge in [0.15, 0.2) is 0 Å². The van der Waals surface area contributed by atoms with E-state index in [1.807, 2.05) is 0 Å². The molecule has 0 saturated carbocycles. The minimum atomic E-state index is 0.264. The van der Waals surface area contributed by atoms with Crippen LogP contribution in [-0.2, 0) is 6.42 Å². The third-order valence-electron chi connectivity index (χ3n) is 3.95. The number of fused-ring (bicyclic) bond motifs is 1. The van der Waals surface area contributed by atoms with E-state index in [9.17, 15) is 0 Å². The summed E-state index contributed by atoms with van der Waals surface area (Å²) in [6, 6.07) is 6.98. The number of hydrogen-bond donors (Lipinski definition) is 1. The number of aryl methyl sites for hydroxylation is 1. The number of nitrogens with two attached hydrogens (primary N) is 1. The molecule has 3 rings (SSSR count). The highest BCUT2D eigenvalue weighted by atomic mass is 15.1. The van der Waals surface area contributed by atoms with Crippen molar-refractivity contribution >= 4 is 5.69 Å². The number of anilines is 1. The van der Waals surface area contributed by atoms with Crippen molar-refractivity contribution in [3.05, 3.63) is 29.3 Å². The summed E-state index contributed by atoms with van der Waals surface area (Å²) in [5.74, 6) is 0. The monoisotopic (exact) mass is 216 g/mol. The smallest absolute Gasteiger partial charge is 0.0417 e. The van der Waals surface area contributed by atoms with Gasteiger partial charge in [0.1, 0.15) is 0 Å². The fourth-order valence-corrected chi connectivity index (χ4v) is 3.14. The Morgan fingerprint density at radius 2 is 1.94 bits per heavy atom. The molecule has 0 spiro atoms.